The van der Waals surface area contributed by atoms with Crippen LogP contribution in [0.5, 0.6) is 0 Å². The average Bonchev–Trinajstić information content (AvgIpc) is 2.90. The Labute approximate surface area is 195 Å². The van der Waals surface area contributed by atoms with Gasteiger partial charge in [-0.15, -0.1) is 0 Å². The van der Waals surface area contributed by atoms with Gasteiger partial charge in [-0.1, -0.05) is 115 Å². The van der Waals surface area contributed by atoms with E-state index in [0.29, 0.717) is 0 Å². The van der Waals surface area contributed by atoms with E-state index in [9.17, 15) is 0 Å². The minimum absolute atomic E-state index is 1.14. The molecule has 5 aromatic rings. The molecule has 0 heterocycles. The lowest BCUT2D eigenvalue weighted by Gasteiger charge is -2.25. The number of hydrogen-bond acceptors (Lipinski definition) is 1. The van der Waals surface area contributed by atoms with Crippen LogP contribution < -0.4 is 4.90 Å². The third-order valence-corrected chi connectivity index (χ3v) is 5.67. The van der Waals surface area contributed by atoms with Gasteiger partial charge in [0.05, 0.1) is 0 Å². The van der Waals surface area contributed by atoms with E-state index in [1.165, 1.54) is 22.3 Å². The zero-order chi connectivity index (χ0) is 22.3. The van der Waals surface area contributed by atoms with E-state index in [4.69, 9.17) is 0 Å². The predicted octanol–water partition coefficient (Wildman–Crippen LogP) is 8.99. The Kier molecular flexibility index (Phi) is 6.13. The highest BCUT2D eigenvalue weighted by Crippen LogP contribution is 2.35. The summed E-state index contributed by atoms with van der Waals surface area (Å²) in [6.45, 7) is 0. The maximum atomic E-state index is 2.28. The number of hydrogen-bond donors (Lipinski definition) is 0. The Morgan fingerprint density at radius 1 is 0.333 bits per heavy atom. The molecule has 0 atom stereocenters. The van der Waals surface area contributed by atoms with Crippen LogP contribution in [0.25, 0.3) is 23.3 Å². The van der Waals surface area contributed by atoms with Gasteiger partial charge in [0.1, 0.15) is 0 Å². The summed E-state index contributed by atoms with van der Waals surface area (Å²) in [6, 6.07) is 48.8. The molecule has 0 fully saturated rings. The van der Waals surface area contributed by atoms with Crippen molar-refractivity contribution >= 4 is 29.2 Å². The largest absolute Gasteiger partial charge is 0.311 e. The molecule has 5 rings (SSSR count). The van der Waals surface area contributed by atoms with E-state index in [1.807, 2.05) is 6.07 Å². The summed E-state index contributed by atoms with van der Waals surface area (Å²) in [5.74, 6) is 0. The van der Waals surface area contributed by atoms with Crippen LogP contribution in [0, 0.1) is 0 Å². The highest BCUT2D eigenvalue weighted by Gasteiger charge is 2.11. The third kappa shape index (κ3) is 4.94. The highest BCUT2D eigenvalue weighted by molar-refractivity contribution is 5.78. The maximum Gasteiger partial charge on any atom is 0.0462 e. The Morgan fingerprint density at radius 3 is 1.18 bits per heavy atom. The van der Waals surface area contributed by atoms with Crippen molar-refractivity contribution in [1.29, 1.82) is 0 Å². The molecule has 0 aliphatic carbocycles. The van der Waals surface area contributed by atoms with E-state index in [0.717, 1.165) is 17.1 Å². The number of benzene rings is 5. The molecule has 0 N–H and O–H groups in total. The van der Waals surface area contributed by atoms with Crippen molar-refractivity contribution in [3.05, 3.63) is 151 Å². The van der Waals surface area contributed by atoms with Crippen LogP contribution in [0.2, 0.25) is 0 Å². The first-order chi connectivity index (χ1) is 16.4. The minimum Gasteiger partial charge on any atom is -0.311 e. The smallest absolute Gasteiger partial charge is 0.0462 e. The molecule has 0 aromatic heterocycles. The maximum absolute atomic E-state index is 2.28. The van der Waals surface area contributed by atoms with Crippen molar-refractivity contribution in [2.24, 2.45) is 0 Å². The molecule has 1 nitrogen and oxygen atoms in total. The van der Waals surface area contributed by atoms with Gasteiger partial charge in [0.25, 0.3) is 0 Å². The molecule has 0 bridgehead atoms. The molecule has 0 saturated carbocycles. The van der Waals surface area contributed by atoms with Gasteiger partial charge in [-0.05, 0) is 58.7 Å². The third-order valence-electron chi connectivity index (χ3n) is 5.67. The van der Waals surface area contributed by atoms with Crippen molar-refractivity contribution in [2.45, 2.75) is 0 Å². The van der Waals surface area contributed by atoms with E-state index in [1.54, 1.807) is 0 Å². The molecule has 158 valence electrons. The standard InChI is InChI=1S/C32H25N/c1-4-10-26(11-5-1)16-17-27-18-20-28(21-19-27)29-22-24-32(25-23-29)33(30-12-6-2-7-13-30)31-14-8-3-9-15-31/h1-25H/b17-16+. The zero-order valence-electron chi connectivity index (χ0n) is 18.4. The second-order valence-electron chi connectivity index (χ2n) is 7.92. The molecule has 0 unspecified atom stereocenters. The van der Waals surface area contributed by atoms with Gasteiger partial charge in [0.2, 0.25) is 0 Å². The SMILES string of the molecule is C(=C\c1ccc(-c2ccc(N(c3ccccc3)c3ccccc3)cc2)cc1)/c1ccccc1. The Morgan fingerprint density at radius 2 is 0.697 bits per heavy atom. The predicted molar refractivity (Wildman–Crippen MR) is 142 cm³/mol. The number of para-hydroxylation sites is 2. The molecule has 0 spiro atoms. The second kappa shape index (κ2) is 9.84. The van der Waals surface area contributed by atoms with Crippen molar-refractivity contribution < 1.29 is 0 Å². The zero-order valence-corrected chi connectivity index (χ0v) is 18.4. The minimum atomic E-state index is 1.14. The normalized spacial score (nSPS) is 10.9. The van der Waals surface area contributed by atoms with Crippen molar-refractivity contribution in [3.63, 3.8) is 0 Å². The highest BCUT2D eigenvalue weighted by atomic mass is 15.1. The van der Waals surface area contributed by atoms with E-state index in [-0.39, 0.29) is 0 Å². The quantitative estimate of drug-likeness (QED) is 0.246. The van der Waals surface area contributed by atoms with Gasteiger partial charge >= 0.3 is 0 Å². The molecule has 1 heteroatoms. The molecule has 0 aliphatic rings. The van der Waals surface area contributed by atoms with Crippen LogP contribution in [0.15, 0.2) is 140 Å². The molecule has 5 aromatic carbocycles. The summed E-state index contributed by atoms with van der Waals surface area (Å²) in [7, 11) is 0. The lowest BCUT2D eigenvalue weighted by Crippen LogP contribution is -2.09. The molecular formula is C32H25N. The van der Waals surface area contributed by atoms with Gasteiger partial charge in [-0.2, -0.15) is 0 Å². The summed E-state index contributed by atoms with van der Waals surface area (Å²) in [5.41, 5.74) is 8.25. The van der Waals surface area contributed by atoms with Crippen LogP contribution in [0.3, 0.4) is 0 Å². The molecular weight excluding hydrogens is 398 g/mol. The van der Waals surface area contributed by atoms with E-state index < -0.39 is 0 Å². The number of anilines is 3. The lowest BCUT2D eigenvalue weighted by atomic mass is 10.0. The summed E-state index contributed by atoms with van der Waals surface area (Å²) < 4.78 is 0. The number of nitrogens with zero attached hydrogens (tertiary/aromatic N) is 1. The molecule has 0 aliphatic heterocycles. The summed E-state index contributed by atoms with van der Waals surface area (Å²) in [5, 5.41) is 0. The van der Waals surface area contributed by atoms with Crippen molar-refractivity contribution in [3.8, 4) is 11.1 Å². The summed E-state index contributed by atoms with van der Waals surface area (Å²) in [4.78, 5) is 2.28. The molecule has 33 heavy (non-hydrogen) atoms. The average molecular weight is 424 g/mol. The Bertz CT molecular complexity index is 1270. The first-order valence-corrected chi connectivity index (χ1v) is 11.2. The molecule has 0 radical (unpaired) electrons. The molecule has 0 amide bonds. The molecule has 0 saturated heterocycles. The van der Waals surface area contributed by atoms with Crippen molar-refractivity contribution in [1.82, 2.24) is 0 Å². The Balaban J connectivity index is 1.39. The van der Waals surface area contributed by atoms with Gasteiger partial charge in [-0.25, -0.2) is 0 Å². The van der Waals surface area contributed by atoms with Gasteiger partial charge in [0, 0.05) is 17.1 Å². The topological polar surface area (TPSA) is 3.24 Å². The van der Waals surface area contributed by atoms with Crippen LogP contribution in [0.4, 0.5) is 17.1 Å². The van der Waals surface area contributed by atoms with Crippen LogP contribution >= 0.6 is 0 Å². The fourth-order valence-corrected chi connectivity index (χ4v) is 3.95. The van der Waals surface area contributed by atoms with E-state index >= 15 is 0 Å². The van der Waals surface area contributed by atoms with Crippen molar-refractivity contribution in [2.75, 3.05) is 4.90 Å². The number of rotatable bonds is 6. The lowest BCUT2D eigenvalue weighted by molar-refractivity contribution is 1.28. The van der Waals surface area contributed by atoms with Crippen LogP contribution in [-0.4, -0.2) is 0 Å². The van der Waals surface area contributed by atoms with Crippen LogP contribution in [-0.2, 0) is 0 Å². The Hall–Kier alpha value is -4.36. The van der Waals surface area contributed by atoms with E-state index in [2.05, 4.69) is 151 Å². The van der Waals surface area contributed by atoms with Crippen LogP contribution in [0.1, 0.15) is 11.1 Å². The second-order valence-corrected chi connectivity index (χ2v) is 7.92. The fraction of sp³-hybridized carbons (Fsp3) is 0. The first-order valence-electron chi connectivity index (χ1n) is 11.2. The first kappa shape index (κ1) is 20.5. The summed E-state index contributed by atoms with van der Waals surface area (Å²) >= 11 is 0. The monoisotopic (exact) mass is 423 g/mol. The van der Waals surface area contributed by atoms with Gasteiger partial charge in [-0.3, -0.25) is 0 Å². The van der Waals surface area contributed by atoms with Gasteiger partial charge in [0.15, 0.2) is 0 Å². The fourth-order valence-electron chi connectivity index (χ4n) is 3.95. The van der Waals surface area contributed by atoms with Gasteiger partial charge < -0.3 is 4.90 Å². The summed E-state index contributed by atoms with van der Waals surface area (Å²) in [6.07, 6.45) is 4.30.